The highest BCUT2D eigenvalue weighted by atomic mass is 28.4. The molecule has 0 spiro atoms. The lowest BCUT2D eigenvalue weighted by Crippen LogP contribution is -2.61. The monoisotopic (exact) mass is 567 g/mol. The van der Waals surface area contributed by atoms with Gasteiger partial charge in [0.15, 0.2) is 8.32 Å². The molecule has 0 fully saturated rings. The van der Waals surface area contributed by atoms with E-state index in [4.69, 9.17) is 18.6 Å². The van der Waals surface area contributed by atoms with Crippen molar-refractivity contribution in [2.75, 3.05) is 20.3 Å². The topological polar surface area (TPSA) is 74.3 Å². The summed E-state index contributed by atoms with van der Waals surface area (Å²) in [6.07, 6.45) is 5.90. The molecule has 0 saturated heterocycles. The predicted octanol–water partition coefficient (Wildman–Crippen LogP) is 6.92. The molecule has 1 aliphatic rings. The SMILES string of the molecule is COc1ccc(COC[C@]2(CCC=O)C=CC[C@H](CO[Si](C)(C)C(C)(C)C)N2C(=O)OCc2ccccc2)cc1. The van der Waals surface area contributed by atoms with Gasteiger partial charge in [-0.3, -0.25) is 4.90 Å². The molecule has 3 rings (SSSR count). The molecule has 7 nitrogen and oxygen atoms in total. The number of hydrogen-bond acceptors (Lipinski definition) is 6. The van der Waals surface area contributed by atoms with Crippen LogP contribution in [0.5, 0.6) is 5.75 Å². The van der Waals surface area contributed by atoms with Gasteiger partial charge in [0, 0.05) is 6.42 Å². The lowest BCUT2D eigenvalue weighted by Gasteiger charge is -2.48. The first-order valence-corrected chi connectivity index (χ1v) is 16.9. The van der Waals surface area contributed by atoms with E-state index in [2.05, 4.69) is 39.9 Å². The van der Waals surface area contributed by atoms with Gasteiger partial charge < -0.3 is 23.4 Å². The Morgan fingerprint density at radius 1 is 1.05 bits per heavy atom. The van der Waals surface area contributed by atoms with Crippen molar-refractivity contribution in [2.45, 2.75) is 83.0 Å². The minimum Gasteiger partial charge on any atom is -0.497 e. The van der Waals surface area contributed by atoms with E-state index in [1.54, 1.807) is 12.0 Å². The number of carbonyl (C=O) groups excluding carboxylic acids is 2. The molecule has 2 aromatic rings. The summed E-state index contributed by atoms with van der Waals surface area (Å²) in [6, 6.07) is 17.1. The molecule has 218 valence electrons. The van der Waals surface area contributed by atoms with Crippen LogP contribution in [0.4, 0.5) is 4.79 Å². The van der Waals surface area contributed by atoms with Gasteiger partial charge in [0.1, 0.15) is 18.6 Å². The van der Waals surface area contributed by atoms with Gasteiger partial charge in [-0.05, 0) is 54.2 Å². The Balaban J connectivity index is 1.86. The number of carbonyl (C=O) groups is 2. The van der Waals surface area contributed by atoms with Crippen LogP contribution in [0.15, 0.2) is 66.7 Å². The van der Waals surface area contributed by atoms with Gasteiger partial charge >= 0.3 is 6.09 Å². The summed E-state index contributed by atoms with van der Waals surface area (Å²) in [7, 11) is -0.441. The Labute approximate surface area is 240 Å². The zero-order valence-corrected chi connectivity index (χ0v) is 25.9. The Kier molecular flexibility index (Phi) is 11.1. The molecule has 2 aromatic carbocycles. The second kappa shape index (κ2) is 14.1. The summed E-state index contributed by atoms with van der Waals surface area (Å²) in [4.78, 5) is 27.2. The van der Waals surface area contributed by atoms with E-state index in [9.17, 15) is 9.59 Å². The highest BCUT2D eigenvalue weighted by molar-refractivity contribution is 6.74. The zero-order valence-electron chi connectivity index (χ0n) is 24.9. The van der Waals surface area contributed by atoms with Crippen LogP contribution in [-0.2, 0) is 31.9 Å². The van der Waals surface area contributed by atoms with Gasteiger partial charge in [-0.1, -0.05) is 75.4 Å². The number of methoxy groups -OCH3 is 1. The molecule has 1 heterocycles. The lowest BCUT2D eigenvalue weighted by molar-refractivity contribution is -0.109. The molecule has 40 heavy (non-hydrogen) atoms. The van der Waals surface area contributed by atoms with Crippen LogP contribution in [0.3, 0.4) is 0 Å². The second-order valence-electron chi connectivity index (χ2n) is 11.9. The third-order valence-electron chi connectivity index (χ3n) is 8.00. The third kappa shape index (κ3) is 8.28. The second-order valence-corrected chi connectivity index (χ2v) is 16.7. The minimum atomic E-state index is -2.07. The number of benzene rings is 2. The van der Waals surface area contributed by atoms with Gasteiger partial charge in [-0.2, -0.15) is 0 Å². The molecule has 1 aliphatic heterocycles. The number of aldehydes is 1. The Bertz CT molecular complexity index is 1110. The fourth-order valence-electron chi connectivity index (χ4n) is 4.55. The van der Waals surface area contributed by atoms with Crippen molar-refractivity contribution in [3.63, 3.8) is 0 Å². The first-order valence-electron chi connectivity index (χ1n) is 14.0. The molecule has 0 aliphatic carbocycles. The number of hydrogen-bond donors (Lipinski definition) is 0. The average molecular weight is 568 g/mol. The van der Waals surface area contributed by atoms with E-state index in [0.29, 0.717) is 26.1 Å². The Morgan fingerprint density at radius 2 is 1.73 bits per heavy atom. The molecular formula is C32H45NO6Si. The zero-order chi connectivity index (χ0) is 29.2. The molecule has 0 N–H and O–H groups in total. The van der Waals surface area contributed by atoms with Crippen LogP contribution in [0.2, 0.25) is 18.1 Å². The standard InChI is InChI=1S/C32H45NO6Si/c1-31(2,3)40(5,6)39-24-28-14-10-19-32(20-11-21-34,25-37-22-27-15-17-29(36-4)18-16-27)33(28)30(35)38-23-26-12-8-7-9-13-26/h7-10,12-13,15-19,21,28H,11,14,20,22-25H2,1-6H3/t28-,32-/m1/s1. The van der Waals surface area contributed by atoms with Crippen LogP contribution in [0.25, 0.3) is 0 Å². The number of amides is 1. The van der Waals surface area contributed by atoms with Crippen molar-refractivity contribution in [3.8, 4) is 5.75 Å². The first kappa shape index (κ1) is 31.6. The predicted molar refractivity (Wildman–Crippen MR) is 160 cm³/mol. The van der Waals surface area contributed by atoms with Crippen molar-refractivity contribution in [3.05, 3.63) is 77.9 Å². The van der Waals surface area contributed by atoms with Gasteiger partial charge in [-0.25, -0.2) is 4.79 Å². The van der Waals surface area contributed by atoms with E-state index in [0.717, 1.165) is 23.2 Å². The highest BCUT2D eigenvalue weighted by Gasteiger charge is 2.46. The van der Waals surface area contributed by atoms with Gasteiger partial charge in [0.05, 0.1) is 38.5 Å². The number of nitrogens with zero attached hydrogens (tertiary/aromatic N) is 1. The smallest absolute Gasteiger partial charge is 0.411 e. The summed E-state index contributed by atoms with van der Waals surface area (Å²) in [5.41, 5.74) is 1.05. The Hall–Kier alpha value is -2.94. The summed E-state index contributed by atoms with van der Waals surface area (Å²) >= 11 is 0. The third-order valence-corrected chi connectivity index (χ3v) is 12.5. The van der Waals surface area contributed by atoms with Crippen molar-refractivity contribution < 1.29 is 28.2 Å². The Morgan fingerprint density at radius 3 is 2.35 bits per heavy atom. The van der Waals surface area contributed by atoms with E-state index >= 15 is 0 Å². The maximum atomic E-state index is 13.9. The van der Waals surface area contributed by atoms with Crippen LogP contribution in [0, 0.1) is 0 Å². The van der Waals surface area contributed by atoms with Gasteiger partial charge in [-0.15, -0.1) is 0 Å². The van der Waals surface area contributed by atoms with Crippen LogP contribution >= 0.6 is 0 Å². The largest absolute Gasteiger partial charge is 0.497 e. The molecule has 1 amide bonds. The van der Waals surface area contributed by atoms with E-state index < -0.39 is 19.9 Å². The van der Waals surface area contributed by atoms with Crippen molar-refractivity contribution in [1.29, 1.82) is 0 Å². The van der Waals surface area contributed by atoms with Crippen LogP contribution < -0.4 is 4.74 Å². The molecule has 0 saturated carbocycles. The molecule has 0 bridgehead atoms. The van der Waals surface area contributed by atoms with Crippen molar-refractivity contribution >= 4 is 20.7 Å². The molecule has 0 aromatic heterocycles. The molecule has 0 radical (unpaired) electrons. The fourth-order valence-corrected chi connectivity index (χ4v) is 5.59. The summed E-state index contributed by atoms with van der Waals surface area (Å²) in [6.45, 7) is 12.2. The van der Waals surface area contributed by atoms with E-state index in [-0.39, 0.29) is 30.7 Å². The van der Waals surface area contributed by atoms with Gasteiger partial charge in [0.25, 0.3) is 0 Å². The minimum absolute atomic E-state index is 0.0340. The first-order chi connectivity index (χ1) is 19.0. The van der Waals surface area contributed by atoms with Crippen molar-refractivity contribution in [1.82, 2.24) is 4.90 Å². The quantitative estimate of drug-likeness (QED) is 0.149. The van der Waals surface area contributed by atoms with Crippen molar-refractivity contribution in [2.24, 2.45) is 0 Å². The van der Waals surface area contributed by atoms with E-state index in [1.165, 1.54) is 0 Å². The lowest BCUT2D eigenvalue weighted by atomic mass is 9.86. The van der Waals surface area contributed by atoms with Crippen LogP contribution in [-0.4, -0.2) is 57.5 Å². The molecule has 0 unspecified atom stereocenters. The maximum absolute atomic E-state index is 13.9. The maximum Gasteiger partial charge on any atom is 0.411 e. The number of ether oxygens (including phenoxy) is 3. The molecular weight excluding hydrogens is 522 g/mol. The molecule has 2 atom stereocenters. The number of rotatable bonds is 13. The summed E-state index contributed by atoms with van der Waals surface area (Å²) < 4.78 is 24.0. The summed E-state index contributed by atoms with van der Waals surface area (Å²) in [5, 5.41) is 0.0340. The highest BCUT2D eigenvalue weighted by Crippen LogP contribution is 2.38. The fraction of sp³-hybridized carbons (Fsp3) is 0.500. The average Bonchev–Trinajstić information content (AvgIpc) is 2.94. The summed E-state index contributed by atoms with van der Waals surface area (Å²) in [5.74, 6) is 0.776. The normalized spacial score (nSPS) is 19.4. The molecule has 8 heteroatoms. The van der Waals surface area contributed by atoms with Crippen LogP contribution in [0.1, 0.15) is 51.2 Å². The van der Waals surface area contributed by atoms with E-state index in [1.807, 2.05) is 60.7 Å². The van der Waals surface area contributed by atoms with Gasteiger partial charge in [0.2, 0.25) is 0 Å².